The van der Waals surface area contributed by atoms with Gasteiger partial charge in [0, 0.05) is 5.41 Å². The highest BCUT2D eigenvalue weighted by Gasteiger charge is 2.09. The fourth-order valence-electron chi connectivity index (χ4n) is 0.227. The Hall–Kier alpha value is -0.640. The molecular formula is C7H11O. The highest BCUT2D eigenvalue weighted by atomic mass is 16.2. The molecular weight excluding hydrogens is 100 g/mol. The Balaban J connectivity index is 3.85. The van der Waals surface area contributed by atoms with E-state index in [0.29, 0.717) is 0 Å². The van der Waals surface area contributed by atoms with Gasteiger partial charge in [-0.05, 0) is 26.2 Å². The Bertz CT molecular complexity index is 114. The van der Waals surface area contributed by atoms with Crippen LogP contribution >= 0.6 is 0 Å². The van der Waals surface area contributed by atoms with Crippen LogP contribution in [0.15, 0.2) is 0 Å². The van der Waals surface area contributed by atoms with E-state index in [9.17, 15) is 5.11 Å². The molecule has 0 unspecified atom stereocenters. The lowest BCUT2D eigenvalue weighted by Crippen LogP contribution is -2.04. The molecule has 0 saturated carbocycles. The second-order valence-corrected chi connectivity index (χ2v) is 2.46. The van der Waals surface area contributed by atoms with Crippen LogP contribution in [0.2, 0.25) is 0 Å². The fraction of sp³-hybridized carbons (Fsp3) is 0.714. The third kappa shape index (κ3) is 2.52. The lowest BCUT2D eigenvalue weighted by molar-refractivity contribution is 0.383. The van der Waals surface area contributed by atoms with Crippen LogP contribution in [-0.2, 0) is 5.11 Å². The summed E-state index contributed by atoms with van der Waals surface area (Å²) in [5.74, 6) is 2.57. The molecule has 0 amide bonds. The first-order chi connectivity index (χ1) is 3.62. The van der Waals surface area contributed by atoms with Crippen LogP contribution in [-0.4, -0.2) is 0 Å². The summed E-state index contributed by atoms with van der Waals surface area (Å²) in [6.45, 7) is 5.93. The minimum absolute atomic E-state index is 0.0816. The van der Waals surface area contributed by atoms with Crippen LogP contribution in [0, 0.1) is 17.4 Å². The van der Waals surface area contributed by atoms with Crippen LogP contribution in [0.3, 0.4) is 0 Å². The van der Waals surface area contributed by atoms with Crippen molar-refractivity contribution in [3.63, 3.8) is 0 Å². The highest BCUT2D eigenvalue weighted by molar-refractivity contribution is 5.02. The summed E-state index contributed by atoms with van der Waals surface area (Å²) in [6.07, 6.45) is 2.59. The molecule has 0 atom stereocenters. The van der Waals surface area contributed by atoms with Crippen molar-refractivity contribution < 1.29 is 5.11 Å². The second kappa shape index (κ2) is 2.61. The van der Waals surface area contributed by atoms with E-state index in [-0.39, 0.29) is 5.41 Å². The minimum Gasteiger partial charge on any atom is -0.224 e. The van der Waals surface area contributed by atoms with E-state index in [1.807, 2.05) is 20.8 Å². The van der Waals surface area contributed by atoms with Crippen LogP contribution in [0.25, 0.3) is 0 Å². The van der Waals surface area contributed by atoms with Crippen molar-refractivity contribution in [3.8, 4) is 12.0 Å². The van der Waals surface area contributed by atoms with E-state index in [0.717, 1.165) is 6.42 Å². The second-order valence-electron chi connectivity index (χ2n) is 2.46. The Labute approximate surface area is 50.7 Å². The predicted molar refractivity (Wildman–Crippen MR) is 32.5 cm³/mol. The largest absolute Gasteiger partial charge is 0.224 e. The zero-order valence-electron chi connectivity index (χ0n) is 5.62. The number of rotatable bonds is 1. The van der Waals surface area contributed by atoms with Crippen molar-refractivity contribution >= 4 is 0 Å². The molecule has 0 aromatic rings. The van der Waals surface area contributed by atoms with E-state index in [1.54, 1.807) is 6.11 Å². The standard InChI is InChI=1S/C7H11O/c1-4-7(2,3)5-6-8/h4H2,1-3H3. The van der Waals surface area contributed by atoms with Crippen LogP contribution in [0.5, 0.6) is 0 Å². The van der Waals surface area contributed by atoms with Gasteiger partial charge in [0.1, 0.15) is 0 Å². The van der Waals surface area contributed by atoms with Crippen LogP contribution in [0.1, 0.15) is 27.2 Å². The van der Waals surface area contributed by atoms with Gasteiger partial charge in [-0.15, -0.1) is 0 Å². The topological polar surface area (TPSA) is 19.9 Å². The zero-order valence-corrected chi connectivity index (χ0v) is 5.62. The summed E-state index contributed by atoms with van der Waals surface area (Å²) >= 11 is 0. The molecule has 0 aliphatic rings. The number of hydrogen-bond acceptors (Lipinski definition) is 0. The average molecular weight is 111 g/mol. The molecule has 0 fully saturated rings. The molecule has 0 spiro atoms. The maximum atomic E-state index is 9.74. The van der Waals surface area contributed by atoms with Gasteiger partial charge >= 0.3 is 0 Å². The molecule has 0 aromatic heterocycles. The maximum Gasteiger partial charge on any atom is 0.172 e. The summed E-state index contributed by atoms with van der Waals surface area (Å²) in [6, 6.07) is 0. The molecule has 45 valence electrons. The molecule has 0 rings (SSSR count). The monoisotopic (exact) mass is 111 g/mol. The van der Waals surface area contributed by atoms with E-state index in [2.05, 4.69) is 5.92 Å². The molecule has 0 N–H and O–H groups in total. The molecule has 1 radical (unpaired) electrons. The first-order valence-corrected chi connectivity index (χ1v) is 2.76. The number of hydrogen-bond donors (Lipinski definition) is 0. The molecule has 0 saturated heterocycles. The first kappa shape index (κ1) is 7.36. The normalized spacial score (nSPS) is 9.88. The van der Waals surface area contributed by atoms with Gasteiger partial charge < -0.3 is 0 Å². The van der Waals surface area contributed by atoms with Gasteiger partial charge in [0.25, 0.3) is 0 Å². The Morgan fingerprint density at radius 2 is 2.00 bits per heavy atom. The van der Waals surface area contributed by atoms with Gasteiger partial charge in [0.2, 0.25) is 0 Å². The maximum absolute atomic E-state index is 9.74. The Morgan fingerprint density at radius 1 is 1.50 bits per heavy atom. The lowest BCUT2D eigenvalue weighted by Gasteiger charge is -2.11. The van der Waals surface area contributed by atoms with Crippen molar-refractivity contribution in [1.29, 1.82) is 0 Å². The van der Waals surface area contributed by atoms with Gasteiger partial charge in [-0.25, -0.2) is 5.11 Å². The van der Waals surface area contributed by atoms with Crippen molar-refractivity contribution in [2.75, 3.05) is 0 Å². The van der Waals surface area contributed by atoms with E-state index >= 15 is 0 Å². The van der Waals surface area contributed by atoms with Gasteiger partial charge in [0.05, 0.1) is 0 Å². The average Bonchev–Trinajstić information content (AvgIpc) is 1.67. The molecule has 0 bridgehead atoms. The molecule has 0 heterocycles. The lowest BCUT2D eigenvalue weighted by atomic mass is 9.92. The third-order valence-corrected chi connectivity index (χ3v) is 1.27. The zero-order chi connectivity index (χ0) is 6.62. The van der Waals surface area contributed by atoms with Gasteiger partial charge in [0.15, 0.2) is 6.11 Å². The summed E-state index contributed by atoms with van der Waals surface area (Å²) < 4.78 is 0. The molecule has 1 nitrogen and oxygen atoms in total. The highest BCUT2D eigenvalue weighted by Crippen LogP contribution is 2.16. The first-order valence-electron chi connectivity index (χ1n) is 2.76. The third-order valence-electron chi connectivity index (χ3n) is 1.27. The van der Waals surface area contributed by atoms with Gasteiger partial charge in [-0.1, -0.05) is 6.92 Å². The van der Waals surface area contributed by atoms with Crippen molar-refractivity contribution in [1.82, 2.24) is 0 Å². The summed E-state index contributed by atoms with van der Waals surface area (Å²) in [4.78, 5) is 0. The molecule has 8 heavy (non-hydrogen) atoms. The Kier molecular flexibility index (Phi) is 2.41. The van der Waals surface area contributed by atoms with Crippen molar-refractivity contribution in [2.24, 2.45) is 5.41 Å². The SMILES string of the molecule is CCC(C)(C)C#C[O]. The van der Waals surface area contributed by atoms with E-state index < -0.39 is 0 Å². The van der Waals surface area contributed by atoms with Crippen LogP contribution < -0.4 is 0 Å². The predicted octanol–water partition coefficient (Wildman–Crippen LogP) is 1.81. The van der Waals surface area contributed by atoms with Crippen LogP contribution in [0.4, 0.5) is 0 Å². The molecule has 0 aliphatic heterocycles. The van der Waals surface area contributed by atoms with Gasteiger partial charge in [-0.3, -0.25) is 0 Å². The quantitative estimate of drug-likeness (QED) is 0.460. The smallest absolute Gasteiger partial charge is 0.172 e. The summed E-state index contributed by atoms with van der Waals surface area (Å²) in [7, 11) is 0. The van der Waals surface area contributed by atoms with Crippen molar-refractivity contribution in [3.05, 3.63) is 0 Å². The summed E-state index contributed by atoms with van der Waals surface area (Å²) in [5, 5.41) is 9.74. The summed E-state index contributed by atoms with van der Waals surface area (Å²) in [5.41, 5.74) is -0.0816. The van der Waals surface area contributed by atoms with Gasteiger partial charge in [-0.2, -0.15) is 0 Å². The molecule has 1 heteroatoms. The van der Waals surface area contributed by atoms with Crippen molar-refractivity contribution in [2.45, 2.75) is 27.2 Å². The van der Waals surface area contributed by atoms with E-state index in [1.165, 1.54) is 0 Å². The molecule has 0 aliphatic carbocycles. The minimum atomic E-state index is -0.0816. The van der Waals surface area contributed by atoms with E-state index in [4.69, 9.17) is 0 Å². The molecule has 0 aromatic carbocycles. The Morgan fingerprint density at radius 3 is 2.12 bits per heavy atom. The fourth-order valence-corrected chi connectivity index (χ4v) is 0.227.